The first-order chi connectivity index (χ1) is 5.97. The molecule has 0 heteroatoms. The molecule has 0 N–H and O–H groups in total. The van der Waals surface area contributed by atoms with Gasteiger partial charge in [-0.05, 0) is 5.92 Å². The van der Waals surface area contributed by atoms with Gasteiger partial charge in [0, 0.05) is 0 Å². The zero-order valence-corrected chi connectivity index (χ0v) is 11.7. The minimum atomic E-state index is 0. The van der Waals surface area contributed by atoms with Gasteiger partial charge in [-0.25, -0.2) is 0 Å². The Kier molecular flexibility index (Phi) is 108. The first-order valence-electron chi connectivity index (χ1n) is 5.97. The quantitative estimate of drug-likeness (QED) is 0.422. The van der Waals surface area contributed by atoms with Crippen molar-refractivity contribution in [2.45, 2.75) is 89.0 Å². The second-order valence-electron chi connectivity index (χ2n) is 3.85. The predicted molar refractivity (Wildman–Crippen MR) is 75.1 cm³/mol. The summed E-state index contributed by atoms with van der Waals surface area (Å²) in [5, 5.41) is 0. The molecule has 0 rings (SSSR count). The Morgan fingerprint density at radius 2 is 0.571 bits per heavy atom. The van der Waals surface area contributed by atoms with Gasteiger partial charge in [0.05, 0.1) is 0 Å². The minimum absolute atomic E-state index is 0. The van der Waals surface area contributed by atoms with E-state index in [9.17, 15) is 0 Å². The Balaban J connectivity index is -0.0000000254. The summed E-state index contributed by atoms with van der Waals surface area (Å²) in [4.78, 5) is 0. The highest BCUT2D eigenvalue weighted by Crippen LogP contribution is 1.81. The van der Waals surface area contributed by atoms with Gasteiger partial charge < -0.3 is 0 Å². The van der Waals surface area contributed by atoms with Gasteiger partial charge in [-0.2, -0.15) is 0 Å². The molecule has 0 aliphatic carbocycles. The second-order valence-corrected chi connectivity index (χ2v) is 3.85. The number of rotatable bonds is 0. The van der Waals surface area contributed by atoms with Crippen LogP contribution in [0, 0.1) is 5.92 Å². The van der Waals surface area contributed by atoms with Gasteiger partial charge >= 0.3 is 0 Å². The molecule has 0 saturated carbocycles. The average Bonchev–Trinajstić information content (AvgIpc) is 1.88. The zero-order valence-electron chi connectivity index (χ0n) is 11.7. The molecule has 0 aliphatic rings. The van der Waals surface area contributed by atoms with Crippen LogP contribution in [0.2, 0.25) is 0 Å². The molecule has 0 unspecified atom stereocenters. The van der Waals surface area contributed by atoms with E-state index in [1.807, 2.05) is 0 Å². The molecule has 94 valence electrons. The molecule has 0 aromatic carbocycles. The lowest BCUT2D eigenvalue weighted by atomic mass is 10.3. The Morgan fingerprint density at radius 1 is 0.571 bits per heavy atom. The molecule has 14 heavy (non-hydrogen) atoms. The highest BCUT2D eigenvalue weighted by atomic mass is 13.7. The lowest BCUT2D eigenvalue weighted by molar-refractivity contribution is 0.737. The third kappa shape index (κ3) is 0. The van der Waals surface area contributed by atoms with Crippen molar-refractivity contribution in [3.63, 3.8) is 0 Å². The molecule has 0 heterocycles. The molecule has 0 atom stereocenters. The second kappa shape index (κ2) is 52.0. The molecule has 0 spiro atoms. The van der Waals surface area contributed by atoms with E-state index in [1.54, 1.807) is 0 Å². The third-order valence-electron chi connectivity index (χ3n) is 0. The van der Waals surface area contributed by atoms with Gasteiger partial charge in [-0.3, -0.25) is 0 Å². The summed E-state index contributed by atoms with van der Waals surface area (Å²) in [6, 6.07) is 0. The Bertz CT molecular complexity index is 21.5. The van der Waals surface area contributed by atoms with Crippen LogP contribution < -0.4 is 0 Å². The largest absolute Gasteiger partial charge is 0.0776 e. The first kappa shape index (κ1) is 29.2. The summed E-state index contributed by atoms with van der Waals surface area (Å²) in [6.45, 7) is 19.2. The molecule has 0 saturated heterocycles. The molecular weight excluding hydrogens is 168 g/mol. The van der Waals surface area contributed by atoms with Crippen molar-refractivity contribution in [1.29, 1.82) is 0 Å². The maximum Gasteiger partial charge on any atom is -0.0500 e. The fraction of sp³-hybridized carbons (Fsp3) is 1.00. The molecule has 0 radical (unpaired) electrons. The van der Waals surface area contributed by atoms with Gasteiger partial charge in [-0.1, -0.05) is 89.0 Å². The molecule has 0 aromatic rings. The molecule has 0 aromatic heterocycles. The van der Waals surface area contributed by atoms with Crippen LogP contribution in [0.1, 0.15) is 89.0 Å². The standard InChI is InChI=1S/C4H10.3C3H8.CH4/c1-4(2)3;3*1-3-2;/h4H,1-3H3;3*3H2,1-2H3;1H4. The number of hydrogen-bond acceptors (Lipinski definition) is 0. The lowest BCUT2D eigenvalue weighted by Crippen LogP contribution is -1.66. The van der Waals surface area contributed by atoms with Crippen molar-refractivity contribution < 1.29 is 0 Å². The lowest BCUT2D eigenvalue weighted by Gasteiger charge is -1.79. The molecular formula is C14H38. The summed E-state index contributed by atoms with van der Waals surface area (Å²) < 4.78 is 0. The van der Waals surface area contributed by atoms with Crippen molar-refractivity contribution in [2.24, 2.45) is 5.92 Å². The van der Waals surface area contributed by atoms with Crippen LogP contribution in [0.3, 0.4) is 0 Å². The van der Waals surface area contributed by atoms with E-state index in [4.69, 9.17) is 0 Å². The Hall–Kier alpha value is 0. The fourth-order valence-corrected chi connectivity index (χ4v) is 0. The van der Waals surface area contributed by atoms with Crippen molar-refractivity contribution in [2.75, 3.05) is 0 Å². The topological polar surface area (TPSA) is 0 Å². The van der Waals surface area contributed by atoms with E-state index in [-0.39, 0.29) is 7.43 Å². The third-order valence-corrected chi connectivity index (χ3v) is 0. The summed E-state index contributed by atoms with van der Waals surface area (Å²) in [7, 11) is 0. The highest BCUT2D eigenvalue weighted by Gasteiger charge is 1.68. The van der Waals surface area contributed by atoms with E-state index >= 15 is 0 Å². The first-order valence-corrected chi connectivity index (χ1v) is 5.97. The van der Waals surface area contributed by atoms with Crippen LogP contribution in [0.15, 0.2) is 0 Å². The van der Waals surface area contributed by atoms with E-state index in [0.717, 1.165) is 5.92 Å². The summed E-state index contributed by atoms with van der Waals surface area (Å²) >= 11 is 0. The Labute approximate surface area is 95.5 Å². The summed E-state index contributed by atoms with van der Waals surface area (Å²) in [5.41, 5.74) is 0. The van der Waals surface area contributed by atoms with E-state index in [1.165, 1.54) is 19.3 Å². The summed E-state index contributed by atoms with van der Waals surface area (Å²) in [6.07, 6.45) is 3.75. The summed E-state index contributed by atoms with van der Waals surface area (Å²) in [5.74, 6) is 0.833. The van der Waals surface area contributed by atoms with Gasteiger partial charge in [0.15, 0.2) is 0 Å². The van der Waals surface area contributed by atoms with Crippen molar-refractivity contribution in [3.05, 3.63) is 0 Å². The minimum Gasteiger partial charge on any atom is -0.0776 e. The molecule has 0 bridgehead atoms. The van der Waals surface area contributed by atoms with Gasteiger partial charge in [0.2, 0.25) is 0 Å². The highest BCUT2D eigenvalue weighted by molar-refractivity contribution is 4.20. The van der Waals surface area contributed by atoms with Crippen LogP contribution in [-0.4, -0.2) is 0 Å². The van der Waals surface area contributed by atoms with Crippen molar-refractivity contribution in [1.82, 2.24) is 0 Å². The van der Waals surface area contributed by atoms with Crippen LogP contribution in [0.25, 0.3) is 0 Å². The van der Waals surface area contributed by atoms with Crippen LogP contribution >= 0.6 is 0 Å². The maximum absolute atomic E-state index is 2.17. The van der Waals surface area contributed by atoms with Gasteiger partial charge in [0.1, 0.15) is 0 Å². The normalized spacial score (nSPS) is 6.43. The van der Waals surface area contributed by atoms with Crippen LogP contribution in [-0.2, 0) is 0 Å². The van der Waals surface area contributed by atoms with Crippen molar-refractivity contribution in [3.8, 4) is 0 Å². The SMILES string of the molecule is C.CC(C)C.CCC.CCC.CCC. The van der Waals surface area contributed by atoms with E-state index in [2.05, 4.69) is 62.3 Å². The van der Waals surface area contributed by atoms with E-state index in [0.29, 0.717) is 0 Å². The molecule has 0 nitrogen and oxygen atoms in total. The van der Waals surface area contributed by atoms with Crippen LogP contribution in [0.5, 0.6) is 0 Å². The Morgan fingerprint density at radius 3 is 0.571 bits per heavy atom. The smallest absolute Gasteiger partial charge is 0.0500 e. The van der Waals surface area contributed by atoms with Crippen molar-refractivity contribution >= 4 is 0 Å². The average molecular weight is 206 g/mol. The van der Waals surface area contributed by atoms with Gasteiger partial charge in [-0.15, -0.1) is 0 Å². The molecule has 0 fully saturated rings. The van der Waals surface area contributed by atoms with Crippen LogP contribution in [0.4, 0.5) is 0 Å². The fourth-order valence-electron chi connectivity index (χ4n) is 0. The zero-order chi connectivity index (χ0) is 11.7. The van der Waals surface area contributed by atoms with Gasteiger partial charge in [0.25, 0.3) is 0 Å². The predicted octanol–water partition coefficient (Wildman–Crippen LogP) is 6.55. The monoisotopic (exact) mass is 206 g/mol. The number of hydrogen-bond donors (Lipinski definition) is 0. The van der Waals surface area contributed by atoms with E-state index < -0.39 is 0 Å². The molecule has 0 amide bonds. The molecule has 0 aliphatic heterocycles. The maximum atomic E-state index is 2.17.